The summed E-state index contributed by atoms with van der Waals surface area (Å²) in [5.41, 5.74) is 7.39. The number of methoxy groups -OCH3 is 2. The smallest absolute Gasteiger partial charge is 0.225 e. The Morgan fingerprint density at radius 2 is 1.63 bits per heavy atom. The largest absolute Gasteiger partial charge is 0.493 e. The van der Waals surface area contributed by atoms with E-state index in [4.69, 9.17) is 15.2 Å². The van der Waals surface area contributed by atoms with Crippen molar-refractivity contribution < 1.29 is 18.7 Å². The van der Waals surface area contributed by atoms with Gasteiger partial charge in [0.05, 0.1) is 26.2 Å². The highest BCUT2D eigenvalue weighted by molar-refractivity contribution is 5.85. The molecule has 2 aromatic carbocycles. The number of nitrogens with two attached hydrogens (primary N) is 1. The molecule has 27 heavy (non-hydrogen) atoms. The summed E-state index contributed by atoms with van der Waals surface area (Å²) < 4.78 is 24.7. The monoisotopic (exact) mass is 396 g/mol. The van der Waals surface area contributed by atoms with Crippen molar-refractivity contribution in [3.8, 4) is 11.5 Å². The Morgan fingerprint density at radius 3 is 2.19 bits per heavy atom. The number of nitrogens with one attached hydrogen (secondary N) is 1. The molecule has 5 nitrogen and oxygen atoms in total. The first-order chi connectivity index (χ1) is 12.4. The zero-order valence-corrected chi connectivity index (χ0v) is 16.7. The van der Waals surface area contributed by atoms with Gasteiger partial charge >= 0.3 is 0 Å². The first kappa shape index (κ1) is 22.7. The zero-order valence-electron chi connectivity index (χ0n) is 15.9. The Morgan fingerprint density at radius 1 is 1.07 bits per heavy atom. The van der Waals surface area contributed by atoms with Gasteiger partial charge in [-0.1, -0.05) is 37.3 Å². The van der Waals surface area contributed by atoms with Crippen LogP contribution in [0.5, 0.6) is 11.5 Å². The predicted molar refractivity (Wildman–Crippen MR) is 106 cm³/mol. The average molecular weight is 397 g/mol. The lowest BCUT2D eigenvalue weighted by atomic mass is 9.94. The molecule has 3 atom stereocenters. The molecule has 0 heterocycles. The van der Waals surface area contributed by atoms with Crippen LogP contribution in [0, 0.1) is 11.7 Å². The summed E-state index contributed by atoms with van der Waals surface area (Å²) in [6.07, 6.45) is 0. The molecule has 2 rings (SSSR count). The van der Waals surface area contributed by atoms with Gasteiger partial charge in [-0.25, -0.2) is 4.39 Å². The van der Waals surface area contributed by atoms with Crippen molar-refractivity contribution in [2.45, 2.75) is 25.9 Å². The van der Waals surface area contributed by atoms with Crippen molar-refractivity contribution in [1.29, 1.82) is 0 Å². The molecule has 0 aliphatic heterocycles. The number of ether oxygens (including phenoxy) is 2. The summed E-state index contributed by atoms with van der Waals surface area (Å²) in [6.45, 7) is 3.47. The van der Waals surface area contributed by atoms with Crippen LogP contribution in [-0.2, 0) is 4.79 Å². The fourth-order valence-corrected chi connectivity index (χ4v) is 2.75. The van der Waals surface area contributed by atoms with E-state index < -0.39 is 23.8 Å². The van der Waals surface area contributed by atoms with Crippen LogP contribution in [0.15, 0.2) is 42.5 Å². The second kappa shape index (κ2) is 10.1. The summed E-state index contributed by atoms with van der Waals surface area (Å²) in [6, 6.07) is 11.2. The average Bonchev–Trinajstić information content (AvgIpc) is 2.66. The van der Waals surface area contributed by atoms with Crippen molar-refractivity contribution in [3.63, 3.8) is 0 Å². The van der Waals surface area contributed by atoms with Crippen LogP contribution in [-0.4, -0.2) is 20.1 Å². The molecule has 7 heteroatoms. The molecule has 2 aromatic rings. The molecule has 148 valence electrons. The highest BCUT2D eigenvalue weighted by Gasteiger charge is 2.25. The maximum atomic E-state index is 14.4. The number of hydrogen-bond acceptors (Lipinski definition) is 4. The molecule has 0 radical (unpaired) electrons. The third-order valence-electron chi connectivity index (χ3n) is 4.46. The van der Waals surface area contributed by atoms with Crippen LogP contribution in [0.1, 0.15) is 37.1 Å². The molecule has 0 fully saturated rings. The predicted octanol–water partition coefficient (Wildman–Crippen LogP) is 3.78. The minimum atomic E-state index is -0.548. The van der Waals surface area contributed by atoms with Gasteiger partial charge in [0.15, 0.2) is 11.5 Å². The van der Waals surface area contributed by atoms with Crippen molar-refractivity contribution >= 4 is 18.3 Å². The quantitative estimate of drug-likeness (QED) is 0.747. The number of benzene rings is 2. The number of amides is 1. The number of rotatable bonds is 7. The van der Waals surface area contributed by atoms with Crippen LogP contribution >= 0.6 is 12.4 Å². The van der Waals surface area contributed by atoms with Crippen molar-refractivity contribution in [3.05, 3.63) is 59.4 Å². The van der Waals surface area contributed by atoms with E-state index in [0.29, 0.717) is 17.1 Å². The molecule has 0 aromatic heterocycles. The van der Waals surface area contributed by atoms with E-state index in [1.807, 2.05) is 30.3 Å². The Hall–Kier alpha value is -2.31. The maximum Gasteiger partial charge on any atom is 0.225 e. The van der Waals surface area contributed by atoms with Crippen molar-refractivity contribution in [2.75, 3.05) is 14.2 Å². The Kier molecular flexibility index (Phi) is 8.53. The summed E-state index contributed by atoms with van der Waals surface area (Å²) in [4.78, 5) is 12.6. The Bertz CT molecular complexity index is 758. The van der Waals surface area contributed by atoms with Crippen LogP contribution in [0.4, 0.5) is 4.39 Å². The molecule has 0 saturated carbocycles. The van der Waals surface area contributed by atoms with E-state index >= 15 is 0 Å². The lowest BCUT2D eigenvalue weighted by molar-refractivity contribution is -0.125. The molecule has 0 aliphatic rings. The van der Waals surface area contributed by atoms with Gasteiger partial charge in [0.25, 0.3) is 0 Å². The van der Waals surface area contributed by atoms with E-state index in [0.717, 1.165) is 5.56 Å². The lowest BCUT2D eigenvalue weighted by Gasteiger charge is -2.23. The van der Waals surface area contributed by atoms with Gasteiger partial charge in [0.2, 0.25) is 5.91 Å². The Labute approximate surface area is 165 Å². The van der Waals surface area contributed by atoms with E-state index in [1.165, 1.54) is 26.4 Å². The number of carbonyl (C=O) groups is 1. The molecular formula is C20H26ClFN2O3. The van der Waals surface area contributed by atoms with Crippen LogP contribution in [0.3, 0.4) is 0 Å². The Balaban J connectivity index is 0.00000364. The van der Waals surface area contributed by atoms with E-state index in [1.54, 1.807) is 13.8 Å². The summed E-state index contributed by atoms with van der Waals surface area (Å²) in [7, 11) is 2.92. The molecule has 3 N–H and O–H groups in total. The SMILES string of the molecule is COc1cc(F)c(C(C)NC(=O)C(C)C(N)c2ccccc2)cc1OC.Cl. The van der Waals surface area contributed by atoms with Gasteiger partial charge in [-0.2, -0.15) is 0 Å². The molecule has 3 unspecified atom stereocenters. The van der Waals surface area contributed by atoms with Gasteiger partial charge in [-0.15, -0.1) is 12.4 Å². The first-order valence-corrected chi connectivity index (χ1v) is 8.41. The second-order valence-electron chi connectivity index (χ2n) is 6.18. The van der Waals surface area contributed by atoms with E-state index in [-0.39, 0.29) is 18.3 Å². The minimum absolute atomic E-state index is 0. The summed E-state index contributed by atoms with van der Waals surface area (Å²) in [5, 5.41) is 2.82. The zero-order chi connectivity index (χ0) is 19.3. The standard InChI is InChI=1S/C20H25FN2O3.ClH/c1-12(19(22)14-8-6-5-7-9-14)20(24)23-13(2)15-10-17(25-3)18(26-4)11-16(15)21;/h5-13,19H,22H2,1-4H3,(H,23,24);1H. The molecule has 0 saturated heterocycles. The fraction of sp³-hybridized carbons (Fsp3) is 0.350. The van der Waals surface area contributed by atoms with Crippen LogP contribution in [0.25, 0.3) is 0 Å². The summed E-state index contributed by atoms with van der Waals surface area (Å²) in [5.74, 6) is -0.493. The highest BCUT2D eigenvalue weighted by atomic mass is 35.5. The second-order valence-corrected chi connectivity index (χ2v) is 6.18. The van der Waals surface area contributed by atoms with E-state index in [9.17, 15) is 9.18 Å². The van der Waals surface area contributed by atoms with Gasteiger partial charge < -0.3 is 20.5 Å². The maximum absolute atomic E-state index is 14.4. The summed E-state index contributed by atoms with van der Waals surface area (Å²) >= 11 is 0. The van der Waals surface area contributed by atoms with Crippen LogP contribution < -0.4 is 20.5 Å². The van der Waals surface area contributed by atoms with Gasteiger partial charge in [0, 0.05) is 17.7 Å². The molecule has 0 spiro atoms. The fourth-order valence-electron chi connectivity index (χ4n) is 2.75. The normalized spacial score (nSPS) is 13.7. The molecule has 1 amide bonds. The lowest BCUT2D eigenvalue weighted by Crippen LogP contribution is -2.37. The number of carbonyl (C=O) groups excluding carboxylic acids is 1. The third kappa shape index (κ3) is 5.34. The molecule has 0 aliphatic carbocycles. The molecular weight excluding hydrogens is 371 g/mol. The van der Waals surface area contributed by atoms with Gasteiger partial charge in [-0.05, 0) is 18.6 Å². The van der Waals surface area contributed by atoms with Gasteiger partial charge in [-0.3, -0.25) is 4.79 Å². The van der Waals surface area contributed by atoms with Gasteiger partial charge in [0.1, 0.15) is 5.82 Å². The number of halogens is 2. The van der Waals surface area contributed by atoms with Crippen molar-refractivity contribution in [1.82, 2.24) is 5.32 Å². The highest BCUT2D eigenvalue weighted by Crippen LogP contribution is 2.32. The number of hydrogen-bond donors (Lipinski definition) is 2. The topological polar surface area (TPSA) is 73.6 Å². The van der Waals surface area contributed by atoms with Crippen molar-refractivity contribution in [2.24, 2.45) is 11.7 Å². The van der Waals surface area contributed by atoms with E-state index in [2.05, 4.69) is 5.32 Å². The molecule has 0 bridgehead atoms. The first-order valence-electron chi connectivity index (χ1n) is 8.41. The third-order valence-corrected chi connectivity index (χ3v) is 4.46. The minimum Gasteiger partial charge on any atom is -0.493 e. The van der Waals surface area contributed by atoms with Crippen LogP contribution in [0.2, 0.25) is 0 Å².